The highest BCUT2D eigenvalue weighted by Gasteiger charge is 2.31. The summed E-state index contributed by atoms with van der Waals surface area (Å²) in [6.07, 6.45) is 3.88. The van der Waals surface area contributed by atoms with Gasteiger partial charge in [0.05, 0.1) is 12.0 Å². The van der Waals surface area contributed by atoms with Crippen molar-refractivity contribution < 1.29 is 13.2 Å². The molecule has 1 aliphatic heterocycles. The van der Waals surface area contributed by atoms with Gasteiger partial charge >= 0.3 is 0 Å². The quantitative estimate of drug-likeness (QED) is 0.606. The maximum absolute atomic E-state index is 13.3. The first-order chi connectivity index (χ1) is 14.8. The number of sulfonamides is 1. The lowest BCUT2D eigenvalue weighted by Crippen LogP contribution is -2.49. The van der Waals surface area contributed by atoms with Crippen molar-refractivity contribution in [3.8, 4) is 11.6 Å². The maximum atomic E-state index is 13.3. The van der Waals surface area contributed by atoms with Crippen molar-refractivity contribution in [2.75, 3.05) is 38.2 Å². The van der Waals surface area contributed by atoms with Crippen molar-refractivity contribution in [1.82, 2.24) is 18.8 Å². The second-order valence-corrected chi connectivity index (χ2v) is 9.54. The summed E-state index contributed by atoms with van der Waals surface area (Å²) in [6, 6.07) is 9.19. The van der Waals surface area contributed by atoms with E-state index in [0.29, 0.717) is 42.6 Å². The SMILES string of the molecule is COc1ccc(S(=O)(=O)N2CCN(c3cc(-n4cccc4)nc(C)n3)CC2)c(C)c1C. The van der Waals surface area contributed by atoms with E-state index in [1.807, 2.05) is 55.9 Å². The van der Waals surface area contributed by atoms with E-state index in [0.717, 1.165) is 22.8 Å². The first-order valence-corrected chi connectivity index (χ1v) is 11.6. The van der Waals surface area contributed by atoms with E-state index in [-0.39, 0.29) is 0 Å². The number of aromatic nitrogens is 3. The lowest BCUT2D eigenvalue weighted by Gasteiger charge is -2.35. The molecule has 0 saturated carbocycles. The number of rotatable bonds is 5. The molecule has 1 aliphatic rings. The summed E-state index contributed by atoms with van der Waals surface area (Å²) in [5.41, 5.74) is 1.57. The summed E-state index contributed by atoms with van der Waals surface area (Å²) in [4.78, 5) is 11.5. The number of ether oxygens (including phenoxy) is 1. The van der Waals surface area contributed by atoms with Crippen molar-refractivity contribution in [2.24, 2.45) is 0 Å². The normalized spacial score (nSPS) is 15.3. The molecule has 3 aromatic rings. The number of benzene rings is 1. The molecule has 1 saturated heterocycles. The standard InChI is InChI=1S/C22H27N5O3S/c1-16-17(2)20(8-7-19(16)30-4)31(28,29)27-13-11-26(12-14-27)22-15-21(23-18(3)24-22)25-9-5-6-10-25/h5-10,15H,11-14H2,1-4H3. The van der Waals surface area contributed by atoms with Crippen molar-refractivity contribution in [2.45, 2.75) is 25.7 Å². The predicted molar refractivity (Wildman–Crippen MR) is 120 cm³/mol. The molecule has 2 aromatic heterocycles. The molecule has 3 heterocycles. The Balaban J connectivity index is 1.53. The van der Waals surface area contributed by atoms with E-state index in [1.54, 1.807) is 23.5 Å². The van der Waals surface area contributed by atoms with Gasteiger partial charge in [-0.25, -0.2) is 18.4 Å². The third-order valence-corrected chi connectivity index (χ3v) is 7.81. The van der Waals surface area contributed by atoms with Crippen LogP contribution in [0.2, 0.25) is 0 Å². The molecule has 0 bridgehead atoms. The predicted octanol–water partition coefficient (Wildman–Crippen LogP) is 2.71. The molecule has 1 aromatic carbocycles. The van der Waals surface area contributed by atoms with Crippen LogP contribution in [0, 0.1) is 20.8 Å². The number of methoxy groups -OCH3 is 1. The highest BCUT2D eigenvalue weighted by molar-refractivity contribution is 7.89. The Morgan fingerprint density at radius 2 is 1.55 bits per heavy atom. The van der Waals surface area contributed by atoms with Gasteiger partial charge in [-0.2, -0.15) is 4.31 Å². The summed E-state index contributed by atoms with van der Waals surface area (Å²) in [6.45, 7) is 7.50. The van der Waals surface area contributed by atoms with Crippen LogP contribution < -0.4 is 9.64 Å². The first kappa shape index (κ1) is 21.3. The number of nitrogens with zero attached hydrogens (tertiary/aromatic N) is 5. The molecule has 1 fully saturated rings. The third-order valence-electron chi connectivity index (χ3n) is 5.77. The molecule has 0 aliphatic carbocycles. The molecule has 8 nitrogen and oxygen atoms in total. The average molecular weight is 442 g/mol. The minimum atomic E-state index is -3.58. The number of piperazine rings is 1. The van der Waals surface area contributed by atoms with Gasteiger partial charge in [0, 0.05) is 44.6 Å². The Bertz CT molecular complexity index is 1180. The van der Waals surface area contributed by atoms with E-state index in [2.05, 4.69) is 14.9 Å². The van der Waals surface area contributed by atoms with Crippen LogP contribution in [0.5, 0.6) is 5.75 Å². The van der Waals surface area contributed by atoms with Crippen molar-refractivity contribution in [3.05, 3.63) is 59.7 Å². The van der Waals surface area contributed by atoms with Crippen molar-refractivity contribution >= 4 is 15.8 Å². The first-order valence-electron chi connectivity index (χ1n) is 10.2. The minimum absolute atomic E-state index is 0.340. The largest absolute Gasteiger partial charge is 0.496 e. The molecule has 0 N–H and O–H groups in total. The summed E-state index contributed by atoms with van der Waals surface area (Å²) >= 11 is 0. The van der Waals surface area contributed by atoms with E-state index >= 15 is 0 Å². The Kier molecular flexibility index (Phi) is 5.72. The number of hydrogen-bond donors (Lipinski definition) is 0. The van der Waals surface area contributed by atoms with Crippen molar-refractivity contribution in [1.29, 1.82) is 0 Å². The van der Waals surface area contributed by atoms with Gasteiger partial charge < -0.3 is 14.2 Å². The highest BCUT2D eigenvalue weighted by atomic mass is 32.2. The molecule has 0 amide bonds. The number of hydrogen-bond acceptors (Lipinski definition) is 6. The van der Waals surface area contributed by atoms with Gasteiger partial charge in [-0.3, -0.25) is 0 Å². The van der Waals surface area contributed by atoms with Crippen LogP contribution >= 0.6 is 0 Å². The van der Waals surface area contributed by atoms with Gasteiger partial charge in [-0.1, -0.05) is 0 Å². The van der Waals surface area contributed by atoms with Crippen molar-refractivity contribution in [3.63, 3.8) is 0 Å². The molecule has 0 spiro atoms. The van der Waals surface area contributed by atoms with Gasteiger partial charge in [0.15, 0.2) is 0 Å². The summed E-state index contributed by atoms with van der Waals surface area (Å²) in [7, 11) is -1.99. The fourth-order valence-electron chi connectivity index (χ4n) is 3.89. The Morgan fingerprint density at radius 3 is 2.19 bits per heavy atom. The molecule has 4 rings (SSSR count). The molecule has 0 atom stereocenters. The van der Waals surface area contributed by atoms with E-state index < -0.39 is 10.0 Å². The second kappa shape index (κ2) is 8.32. The highest BCUT2D eigenvalue weighted by Crippen LogP contribution is 2.29. The molecule has 31 heavy (non-hydrogen) atoms. The monoisotopic (exact) mass is 441 g/mol. The third kappa shape index (κ3) is 4.03. The van der Waals surface area contributed by atoms with Gasteiger partial charge in [-0.15, -0.1) is 0 Å². The maximum Gasteiger partial charge on any atom is 0.243 e. The van der Waals surface area contributed by atoms with Crippen LogP contribution in [-0.4, -0.2) is 60.5 Å². The molecular weight excluding hydrogens is 414 g/mol. The zero-order valence-electron chi connectivity index (χ0n) is 18.2. The van der Waals surface area contributed by atoms with Crippen LogP contribution in [0.1, 0.15) is 17.0 Å². The van der Waals surface area contributed by atoms with Crippen LogP contribution in [0.3, 0.4) is 0 Å². The molecule has 164 valence electrons. The fraction of sp³-hybridized carbons (Fsp3) is 0.364. The number of aryl methyl sites for hydroxylation is 1. The second-order valence-electron chi connectivity index (χ2n) is 7.63. The molecular formula is C22H27N5O3S. The molecule has 9 heteroatoms. The van der Waals surface area contributed by atoms with Crippen LogP contribution in [0.15, 0.2) is 47.6 Å². The zero-order valence-corrected chi connectivity index (χ0v) is 19.1. The van der Waals surface area contributed by atoms with E-state index in [4.69, 9.17) is 4.74 Å². The van der Waals surface area contributed by atoms with Gasteiger partial charge in [0.1, 0.15) is 23.2 Å². The smallest absolute Gasteiger partial charge is 0.243 e. The fourth-order valence-corrected chi connectivity index (χ4v) is 5.59. The zero-order chi connectivity index (χ0) is 22.2. The molecule has 0 unspecified atom stereocenters. The molecule has 0 radical (unpaired) electrons. The number of anilines is 1. The average Bonchev–Trinajstić information content (AvgIpc) is 3.30. The lowest BCUT2D eigenvalue weighted by atomic mass is 10.1. The summed E-state index contributed by atoms with van der Waals surface area (Å²) in [5, 5.41) is 0. The van der Waals surface area contributed by atoms with E-state index in [1.165, 1.54) is 0 Å². The minimum Gasteiger partial charge on any atom is -0.496 e. The van der Waals surface area contributed by atoms with Crippen LogP contribution in [0.4, 0.5) is 5.82 Å². The van der Waals surface area contributed by atoms with Crippen LogP contribution in [0.25, 0.3) is 5.82 Å². The topological polar surface area (TPSA) is 80.6 Å². The Labute approximate surface area is 183 Å². The Morgan fingerprint density at radius 1 is 0.903 bits per heavy atom. The summed E-state index contributed by atoms with van der Waals surface area (Å²) < 4.78 is 35.4. The lowest BCUT2D eigenvalue weighted by molar-refractivity contribution is 0.383. The van der Waals surface area contributed by atoms with Crippen LogP contribution in [-0.2, 0) is 10.0 Å². The summed E-state index contributed by atoms with van der Waals surface area (Å²) in [5.74, 6) is 2.98. The van der Waals surface area contributed by atoms with Gasteiger partial charge in [0.25, 0.3) is 0 Å². The van der Waals surface area contributed by atoms with Gasteiger partial charge in [0.2, 0.25) is 10.0 Å². The van der Waals surface area contributed by atoms with E-state index in [9.17, 15) is 8.42 Å². The Hall–Kier alpha value is -2.91. The van der Waals surface area contributed by atoms with Gasteiger partial charge in [-0.05, 0) is 56.2 Å².